The number of hydrogen-bond acceptors (Lipinski definition) is 61. The number of amides is 2. The van der Waals surface area contributed by atoms with Crippen LogP contribution in [0.25, 0.3) is 0 Å². The lowest BCUT2D eigenvalue weighted by Gasteiger charge is -2.51. The molecule has 0 unspecified atom stereocenters. The van der Waals surface area contributed by atoms with E-state index in [0.717, 1.165) is 13.8 Å². The number of aliphatic hydroxyl groups excluding tert-OH is 36. The maximum absolute atomic E-state index is 13.2. The highest BCUT2D eigenvalue weighted by molar-refractivity contribution is 5.73. The summed E-state index contributed by atoms with van der Waals surface area (Å²) in [5, 5.41) is 408. The summed E-state index contributed by atoms with van der Waals surface area (Å²) in [4.78, 5) is 25.5. The Kier molecular flexibility index (Phi) is 41.0. The van der Waals surface area contributed by atoms with Gasteiger partial charge in [-0.25, -0.2) is 0 Å². The predicted octanol–water partition coefficient (Wildman–Crippen LogP) is -26.9. The number of rotatable bonds is 36. The zero-order chi connectivity index (χ0) is 102. The summed E-state index contributed by atoms with van der Waals surface area (Å²) in [5.41, 5.74) is 0. The number of carbonyl (C=O) groups is 2. The molecule has 0 aromatic rings. The van der Waals surface area contributed by atoms with Gasteiger partial charge in [-0.15, -0.1) is 0 Å². The standard InChI is InChI=1S/C76H128N2O61/c1-15(89)77-29-41(101)56(25(11-87)119-65(29)116)131-66-30(78-16(2)90)42(102)57(26(12-88)128-66)132-72-55(115)60(135-75-64(49(109)37(97)22(8-84)126-75)139-76-63(48(108)36(96)23(9-85)127-76)138-71-54(114)58(38(98)24(10-86)123-71)133-68-50(110)43(103)31(91)17(3-79)120-68)40(100)28(130-72)13-117-67-53(113)59(134-74-62(47(107)35(95)21(7-83)125-74)137-70-52(112)45(105)33(93)19(5-81)122-70)39(99)27(129-67)14-118-73-61(46(106)34(94)20(6-82)124-73)136-69-51(111)44(104)32(92)18(4-80)121-69/h17-76,79-88,91-116H,3-14H2,1-2H3,(H,77,89)(H,78,90)/t17-,18-,19-,20-,21-,22-,23-,24-,25-,26-,27-,28-,29-,30-,31-,32-,33-,34-,35-,36-,37-,38-,39-,40-,41-,42-,43+,44+,45+,46+,47+,48+,49+,50-,51+,52+,53+,54+,55+,56-,57-,58+,59+,60+,61+,62+,63+,64+,65-,66+,67+,68-,69-,70-,71-,72+,73+,74-,75-,76-/m1/s1. The number of ether oxygens (including phenoxy) is 23. The van der Waals surface area contributed by atoms with Crippen LogP contribution in [0.15, 0.2) is 0 Å². The van der Waals surface area contributed by atoms with Crippen molar-refractivity contribution in [2.75, 3.05) is 79.3 Å². The highest BCUT2D eigenvalue weighted by atomic mass is 16.8. The molecule has 0 radical (unpaired) electrons. The molecule has 0 aromatic heterocycles. The molecule has 63 heteroatoms. The Balaban J connectivity index is 0.905. The number of carbonyl (C=O) groups excluding carboxylic acids is 2. The lowest BCUT2D eigenvalue weighted by atomic mass is 9.94. The molecule has 60 atom stereocenters. The first-order valence-corrected chi connectivity index (χ1v) is 44.2. The first kappa shape index (κ1) is 114. The van der Waals surface area contributed by atoms with Crippen LogP contribution in [0.5, 0.6) is 0 Å². The van der Waals surface area contributed by atoms with Crippen LogP contribution >= 0.6 is 0 Å². The SMILES string of the molecule is CC(=O)N[C@@H]1[C@@H](O)[C@H](O[C@@H]2O[C@H](CO)[C@@H](O[C@@H]3O[C@H](CO[C@H]4O[C@H](CO[C@H]5O[C@H](CO)[C@@H](O)[C@H](O)[C@@H]5O[C@H]5O[C@H](CO)[C@@H](O)[C@H](O)[C@@H]5O)[C@@H](O)[C@H](O[C@H]5O[C@H](CO)[C@@H](O)[C@H](O)[C@@H]5O[C@H]5O[C@H](CO)[C@@H](O)[C@H](O)[C@@H]5O)[C@@H]4O)[C@@H](O)[C@H](O[C@H]4O[C@H](CO)[C@@H](O)[C@H](O)[C@@H]4O[C@H]4O[C@H](CO)[C@@H](O)[C@H](O)[C@@H]4O[C@H]4O[C@H](CO)[C@@H](O)[C@H](O[C@H]5O[C@H](CO)[C@@H](O)[C@H](O)[C@H]5O)[C@@H]4O)[C@@H]3O)[C@H](O)[C@H]2NC(C)=O)[C@@H](CO)O[C@H]1O. The van der Waals surface area contributed by atoms with Crippen molar-refractivity contribution in [1.82, 2.24) is 10.6 Å². The minimum atomic E-state index is -2.75. The smallest absolute Gasteiger partial charge is 0.217 e. The summed E-state index contributed by atoms with van der Waals surface area (Å²) >= 11 is 0. The fourth-order valence-electron chi connectivity index (χ4n) is 17.9. The van der Waals surface area contributed by atoms with E-state index in [9.17, 15) is 193 Å². The topological polar surface area (TPSA) is 999 Å². The second-order valence-corrected chi connectivity index (χ2v) is 35.2. The van der Waals surface area contributed by atoms with Crippen LogP contribution in [0.1, 0.15) is 13.8 Å². The third-order valence-corrected chi connectivity index (χ3v) is 25.9. The molecule has 0 bridgehead atoms. The molecule has 12 rings (SSSR count). The second kappa shape index (κ2) is 49.8. The van der Waals surface area contributed by atoms with Gasteiger partial charge in [0.05, 0.1) is 79.3 Å². The minimum Gasteiger partial charge on any atom is -0.394 e. The van der Waals surface area contributed by atoms with Gasteiger partial charge in [0.1, 0.15) is 293 Å². The average Bonchev–Trinajstić information content (AvgIpc) is 0.764. The van der Waals surface area contributed by atoms with E-state index in [1.807, 2.05) is 0 Å². The van der Waals surface area contributed by atoms with E-state index in [-0.39, 0.29) is 0 Å². The largest absolute Gasteiger partial charge is 0.394 e. The Hall–Kier alpha value is -3.42. The van der Waals surface area contributed by atoms with E-state index in [4.69, 9.17) is 109 Å². The van der Waals surface area contributed by atoms with Crippen LogP contribution in [-0.2, 0) is 119 Å². The first-order valence-electron chi connectivity index (χ1n) is 44.2. The molecule has 0 aliphatic carbocycles. The van der Waals surface area contributed by atoms with Gasteiger partial charge in [-0.3, -0.25) is 9.59 Å². The quantitative estimate of drug-likeness (QED) is 0.0277. The monoisotopic (exact) mass is 2040 g/mol. The van der Waals surface area contributed by atoms with Gasteiger partial charge in [0.15, 0.2) is 75.5 Å². The van der Waals surface area contributed by atoms with E-state index >= 15 is 0 Å². The summed E-state index contributed by atoms with van der Waals surface area (Å²) in [7, 11) is 0. The molecule has 12 aliphatic rings. The molecule has 12 saturated heterocycles. The van der Waals surface area contributed by atoms with Gasteiger partial charge >= 0.3 is 0 Å². The zero-order valence-electron chi connectivity index (χ0n) is 73.4. The molecule has 139 heavy (non-hydrogen) atoms. The lowest BCUT2D eigenvalue weighted by molar-refractivity contribution is -0.411. The Morgan fingerprint density at radius 3 is 0.734 bits per heavy atom. The number of aliphatic hydroxyl groups is 36. The molecule has 12 aliphatic heterocycles. The molecule has 0 saturated carbocycles. The van der Waals surface area contributed by atoms with Gasteiger partial charge in [-0.1, -0.05) is 0 Å². The maximum Gasteiger partial charge on any atom is 0.217 e. The Bertz CT molecular complexity index is 3730. The fourth-order valence-corrected chi connectivity index (χ4v) is 17.9. The van der Waals surface area contributed by atoms with Crippen molar-refractivity contribution in [1.29, 1.82) is 0 Å². The summed E-state index contributed by atoms with van der Waals surface area (Å²) in [6.45, 7) is -12.4. The molecule has 808 valence electrons. The van der Waals surface area contributed by atoms with Gasteiger partial charge in [0, 0.05) is 13.8 Å². The summed E-state index contributed by atoms with van der Waals surface area (Å²) in [6.07, 6.45) is -130. The van der Waals surface area contributed by atoms with Crippen LogP contribution < -0.4 is 10.6 Å². The summed E-state index contributed by atoms with van der Waals surface area (Å²) in [6, 6.07) is -3.77. The van der Waals surface area contributed by atoms with Crippen LogP contribution in [-0.4, -0.2) is 643 Å². The van der Waals surface area contributed by atoms with Crippen molar-refractivity contribution < 1.29 is 302 Å². The fraction of sp³-hybridized carbons (Fsp3) is 0.974. The van der Waals surface area contributed by atoms with Crippen molar-refractivity contribution in [2.24, 2.45) is 0 Å². The average molecular weight is 2050 g/mol. The molecule has 12 fully saturated rings. The first-order chi connectivity index (χ1) is 65.9. The van der Waals surface area contributed by atoms with Gasteiger partial charge in [-0.05, 0) is 0 Å². The van der Waals surface area contributed by atoms with Crippen molar-refractivity contribution in [3.63, 3.8) is 0 Å². The van der Waals surface area contributed by atoms with E-state index in [1.165, 1.54) is 0 Å². The van der Waals surface area contributed by atoms with E-state index < -0.39 is 459 Å². The van der Waals surface area contributed by atoms with Crippen molar-refractivity contribution in [2.45, 2.75) is 382 Å². The molecule has 0 spiro atoms. The summed E-state index contributed by atoms with van der Waals surface area (Å²) in [5.74, 6) is -1.86. The molecule has 38 N–H and O–H groups in total. The van der Waals surface area contributed by atoms with Crippen molar-refractivity contribution >= 4 is 11.8 Å². The van der Waals surface area contributed by atoms with Crippen molar-refractivity contribution in [3.8, 4) is 0 Å². The van der Waals surface area contributed by atoms with Crippen LogP contribution in [0.2, 0.25) is 0 Å². The Morgan fingerprint density at radius 2 is 0.396 bits per heavy atom. The van der Waals surface area contributed by atoms with E-state index in [2.05, 4.69) is 10.6 Å². The van der Waals surface area contributed by atoms with Crippen LogP contribution in [0, 0.1) is 0 Å². The lowest BCUT2D eigenvalue weighted by Crippen LogP contribution is -2.70. The molecule has 12 heterocycles. The third kappa shape index (κ3) is 24.5. The highest BCUT2D eigenvalue weighted by Gasteiger charge is 2.63. The molecule has 0 aromatic carbocycles. The molecule has 63 nitrogen and oxygen atoms in total. The van der Waals surface area contributed by atoms with E-state index in [1.54, 1.807) is 0 Å². The molecule has 2 amide bonds. The van der Waals surface area contributed by atoms with E-state index in [0.29, 0.717) is 0 Å². The highest BCUT2D eigenvalue weighted by Crippen LogP contribution is 2.43. The predicted molar refractivity (Wildman–Crippen MR) is 418 cm³/mol. The Labute approximate surface area is 784 Å². The van der Waals surface area contributed by atoms with Gasteiger partial charge < -0.3 is 303 Å². The van der Waals surface area contributed by atoms with Crippen LogP contribution in [0.4, 0.5) is 0 Å². The molecular weight excluding hydrogens is 1920 g/mol. The second-order valence-electron chi connectivity index (χ2n) is 35.2. The minimum absolute atomic E-state index is 0.840. The molecular formula is C76H128N2O61. The Morgan fingerprint density at radius 1 is 0.187 bits per heavy atom. The summed E-state index contributed by atoms with van der Waals surface area (Å²) < 4.78 is 136. The third-order valence-electron chi connectivity index (χ3n) is 25.9. The van der Waals surface area contributed by atoms with Crippen LogP contribution in [0.3, 0.4) is 0 Å². The maximum atomic E-state index is 13.2. The number of hydrogen-bond donors (Lipinski definition) is 38. The van der Waals surface area contributed by atoms with Gasteiger partial charge in [-0.2, -0.15) is 0 Å². The van der Waals surface area contributed by atoms with Gasteiger partial charge in [0.2, 0.25) is 11.8 Å². The number of nitrogens with one attached hydrogen (secondary N) is 2. The zero-order valence-corrected chi connectivity index (χ0v) is 73.4. The normalized spacial score (nSPS) is 51.9. The van der Waals surface area contributed by atoms with Crippen molar-refractivity contribution in [3.05, 3.63) is 0 Å². The van der Waals surface area contributed by atoms with Gasteiger partial charge in [0.25, 0.3) is 0 Å².